The van der Waals surface area contributed by atoms with Crippen LogP contribution in [-0.2, 0) is 0 Å². The molecule has 2 aromatic rings. The molecule has 2 rings (SSSR count). The summed E-state index contributed by atoms with van der Waals surface area (Å²) in [7, 11) is 1.51. The number of urea groups is 1. The van der Waals surface area contributed by atoms with E-state index in [1.54, 1.807) is 42.5 Å². The van der Waals surface area contributed by atoms with Crippen molar-refractivity contribution in [3.05, 3.63) is 53.1 Å². The van der Waals surface area contributed by atoms with Crippen LogP contribution < -0.4 is 20.7 Å². The van der Waals surface area contributed by atoms with Gasteiger partial charge in [-0.3, -0.25) is 4.79 Å². The molecule has 0 saturated carbocycles. The van der Waals surface area contributed by atoms with Crippen molar-refractivity contribution >= 4 is 34.9 Å². The first kappa shape index (κ1) is 18.6. The van der Waals surface area contributed by atoms with Crippen LogP contribution >= 0.6 is 11.6 Å². The van der Waals surface area contributed by atoms with E-state index in [1.165, 1.54) is 7.11 Å². The summed E-state index contributed by atoms with van der Waals surface area (Å²) in [5.74, 6) is 0.164. The van der Waals surface area contributed by atoms with Gasteiger partial charge in [0.05, 0.1) is 12.8 Å². The number of halogens is 1. The highest BCUT2D eigenvalue weighted by Crippen LogP contribution is 2.28. The fourth-order valence-electron chi connectivity index (χ4n) is 2.14. The molecule has 0 fully saturated rings. The van der Waals surface area contributed by atoms with E-state index in [9.17, 15) is 9.59 Å². The van der Waals surface area contributed by atoms with Crippen LogP contribution in [0.2, 0.25) is 5.02 Å². The van der Waals surface area contributed by atoms with Gasteiger partial charge in [-0.1, -0.05) is 17.7 Å². The van der Waals surface area contributed by atoms with E-state index in [1.807, 2.05) is 13.8 Å². The predicted octanol–water partition coefficient (Wildman–Crippen LogP) is 4.13. The molecule has 0 saturated heterocycles. The second kappa shape index (κ2) is 8.39. The van der Waals surface area contributed by atoms with Crippen molar-refractivity contribution in [3.8, 4) is 5.75 Å². The monoisotopic (exact) mass is 361 g/mol. The zero-order valence-corrected chi connectivity index (χ0v) is 15.0. The van der Waals surface area contributed by atoms with Crippen LogP contribution in [0.3, 0.4) is 0 Å². The van der Waals surface area contributed by atoms with Crippen LogP contribution in [0.15, 0.2) is 42.5 Å². The van der Waals surface area contributed by atoms with E-state index in [4.69, 9.17) is 16.3 Å². The van der Waals surface area contributed by atoms with Gasteiger partial charge in [-0.15, -0.1) is 0 Å². The molecule has 0 aliphatic carbocycles. The zero-order chi connectivity index (χ0) is 18.4. The third-order valence-electron chi connectivity index (χ3n) is 3.21. The first-order valence-corrected chi connectivity index (χ1v) is 8.09. The van der Waals surface area contributed by atoms with Crippen molar-refractivity contribution in [2.24, 2.45) is 0 Å². The molecule has 2 aromatic carbocycles. The maximum absolute atomic E-state index is 12.5. The topological polar surface area (TPSA) is 79.5 Å². The van der Waals surface area contributed by atoms with Crippen molar-refractivity contribution in [2.75, 3.05) is 17.7 Å². The second-order valence-corrected chi connectivity index (χ2v) is 6.07. The molecule has 0 aromatic heterocycles. The number of methoxy groups -OCH3 is 1. The van der Waals surface area contributed by atoms with Gasteiger partial charge in [0, 0.05) is 22.3 Å². The van der Waals surface area contributed by atoms with E-state index in [0.29, 0.717) is 27.7 Å². The molecule has 25 heavy (non-hydrogen) atoms. The molecule has 0 radical (unpaired) electrons. The van der Waals surface area contributed by atoms with Crippen molar-refractivity contribution in [1.29, 1.82) is 0 Å². The minimum atomic E-state index is -0.339. The zero-order valence-electron chi connectivity index (χ0n) is 14.2. The molecule has 0 aliphatic heterocycles. The number of carbonyl (C=O) groups is 2. The first-order valence-electron chi connectivity index (χ1n) is 7.71. The summed E-state index contributed by atoms with van der Waals surface area (Å²) in [6.45, 7) is 3.73. The van der Waals surface area contributed by atoms with Gasteiger partial charge in [0.25, 0.3) is 5.91 Å². The Morgan fingerprint density at radius 2 is 1.84 bits per heavy atom. The summed E-state index contributed by atoms with van der Waals surface area (Å²) in [5.41, 5.74) is 1.38. The van der Waals surface area contributed by atoms with Crippen LogP contribution in [0, 0.1) is 0 Å². The van der Waals surface area contributed by atoms with Gasteiger partial charge in [-0.2, -0.15) is 0 Å². The fourth-order valence-corrected chi connectivity index (χ4v) is 2.31. The number of ether oxygens (including phenoxy) is 1. The normalized spacial score (nSPS) is 10.3. The molecule has 7 heteroatoms. The summed E-state index contributed by atoms with van der Waals surface area (Å²) in [5, 5.41) is 8.65. The van der Waals surface area contributed by atoms with Gasteiger partial charge >= 0.3 is 6.03 Å². The molecule has 0 atom stereocenters. The Labute approximate surface area is 151 Å². The number of nitrogens with one attached hydrogen (secondary N) is 3. The third kappa shape index (κ3) is 5.39. The van der Waals surface area contributed by atoms with E-state index in [2.05, 4.69) is 16.0 Å². The SMILES string of the molecule is COc1ccc(Cl)cc1NC(=O)c1cccc(NC(=O)NC(C)C)c1. The highest BCUT2D eigenvalue weighted by molar-refractivity contribution is 6.31. The summed E-state index contributed by atoms with van der Waals surface area (Å²) >= 11 is 5.97. The Hall–Kier alpha value is -2.73. The van der Waals surface area contributed by atoms with E-state index < -0.39 is 0 Å². The highest BCUT2D eigenvalue weighted by Gasteiger charge is 2.12. The smallest absolute Gasteiger partial charge is 0.319 e. The molecule has 0 aliphatic rings. The van der Waals surface area contributed by atoms with Crippen LogP contribution in [0.1, 0.15) is 24.2 Å². The molecule has 0 bridgehead atoms. The van der Waals surface area contributed by atoms with Crippen LogP contribution in [0.5, 0.6) is 5.75 Å². The molecule has 3 amide bonds. The Morgan fingerprint density at radius 3 is 2.52 bits per heavy atom. The lowest BCUT2D eigenvalue weighted by Gasteiger charge is -2.12. The molecule has 132 valence electrons. The fraction of sp³-hybridized carbons (Fsp3) is 0.222. The molecule has 0 spiro atoms. The van der Waals surface area contributed by atoms with Gasteiger partial charge < -0.3 is 20.7 Å². The maximum atomic E-state index is 12.5. The Kier molecular flexibility index (Phi) is 6.25. The Bertz CT molecular complexity index is 778. The summed E-state index contributed by atoms with van der Waals surface area (Å²) in [6, 6.07) is 11.3. The van der Waals surface area contributed by atoms with Gasteiger partial charge in [0.15, 0.2) is 0 Å². The van der Waals surface area contributed by atoms with Crippen LogP contribution in [0.25, 0.3) is 0 Å². The lowest BCUT2D eigenvalue weighted by atomic mass is 10.1. The number of carbonyl (C=O) groups excluding carboxylic acids is 2. The van der Waals surface area contributed by atoms with Gasteiger partial charge in [0.2, 0.25) is 0 Å². The minimum Gasteiger partial charge on any atom is -0.495 e. The molecular formula is C18H20ClN3O3. The largest absolute Gasteiger partial charge is 0.495 e. The quantitative estimate of drug-likeness (QED) is 0.749. The van der Waals surface area contributed by atoms with Gasteiger partial charge in [0.1, 0.15) is 5.75 Å². The number of hydrogen-bond acceptors (Lipinski definition) is 3. The molecule has 0 unspecified atom stereocenters. The number of benzene rings is 2. The predicted molar refractivity (Wildman–Crippen MR) is 99.7 cm³/mol. The second-order valence-electron chi connectivity index (χ2n) is 5.63. The van der Waals surface area contributed by atoms with Gasteiger partial charge in [-0.25, -0.2) is 4.79 Å². The lowest BCUT2D eigenvalue weighted by Crippen LogP contribution is -2.34. The third-order valence-corrected chi connectivity index (χ3v) is 3.45. The average molecular weight is 362 g/mol. The first-order chi connectivity index (χ1) is 11.9. The number of anilines is 2. The molecular weight excluding hydrogens is 342 g/mol. The van der Waals surface area contributed by atoms with E-state index in [0.717, 1.165) is 0 Å². The molecule has 6 nitrogen and oxygen atoms in total. The Morgan fingerprint density at radius 1 is 1.08 bits per heavy atom. The van der Waals surface area contributed by atoms with Crippen molar-refractivity contribution in [2.45, 2.75) is 19.9 Å². The standard InChI is InChI=1S/C18H20ClN3O3/c1-11(2)20-18(24)21-14-6-4-5-12(9-14)17(23)22-15-10-13(19)7-8-16(15)25-3/h4-11H,1-3H3,(H,22,23)(H2,20,21,24). The molecule has 0 heterocycles. The summed E-state index contributed by atoms with van der Waals surface area (Å²) < 4.78 is 5.21. The number of hydrogen-bond donors (Lipinski definition) is 3. The number of rotatable bonds is 5. The Balaban J connectivity index is 2.14. The van der Waals surface area contributed by atoms with Crippen molar-refractivity contribution in [1.82, 2.24) is 5.32 Å². The van der Waals surface area contributed by atoms with Crippen molar-refractivity contribution in [3.63, 3.8) is 0 Å². The van der Waals surface area contributed by atoms with E-state index >= 15 is 0 Å². The van der Waals surface area contributed by atoms with Crippen LogP contribution in [0.4, 0.5) is 16.2 Å². The highest BCUT2D eigenvalue weighted by atomic mass is 35.5. The molecule has 3 N–H and O–H groups in total. The summed E-state index contributed by atoms with van der Waals surface area (Å²) in [6.07, 6.45) is 0. The lowest BCUT2D eigenvalue weighted by molar-refractivity contribution is 0.102. The van der Waals surface area contributed by atoms with Gasteiger partial charge in [-0.05, 0) is 50.2 Å². The van der Waals surface area contributed by atoms with Crippen molar-refractivity contribution < 1.29 is 14.3 Å². The summed E-state index contributed by atoms with van der Waals surface area (Å²) in [4.78, 5) is 24.2. The van der Waals surface area contributed by atoms with E-state index in [-0.39, 0.29) is 18.0 Å². The maximum Gasteiger partial charge on any atom is 0.319 e. The van der Waals surface area contributed by atoms with Crippen LogP contribution in [-0.4, -0.2) is 25.1 Å². The minimum absolute atomic E-state index is 0.0155. The number of amides is 3. The average Bonchev–Trinajstić information content (AvgIpc) is 2.54.